The lowest BCUT2D eigenvalue weighted by atomic mass is 10.2. The van der Waals surface area contributed by atoms with E-state index in [0.717, 1.165) is 0 Å². The van der Waals surface area contributed by atoms with Crippen molar-refractivity contribution in [2.45, 2.75) is 18.2 Å². The van der Waals surface area contributed by atoms with Crippen molar-refractivity contribution in [2.24, 2.45) is 0 Å². The van der Waals surface area contributed by atoms with Crippen LogP contribution in [-0.4, -0.2) is 23.9 Å². The van der Waals surface area contributed by atoms with Crippen LogP contribution < -0.4 is 9.64 Å². The van der Waals surface area contributed by atoms with Gasteiger partial charge in [-0.05, 0) is 19.1 Å². The summed E-state index contributed by atoms with van der Waals surface area (Å²) in [6.45, 7) is 2.86. The number of hydrogen-bond donors (Lipinski definition) is 0. The highest BCUT2D eigenvalue weighted by Gasteiger charge is 2.30. The average molecular weight is 302 g/mol. The van der Waals surface area contributed by atoms with Crippen LogP contribution >= 0.6 is 15.9 Å². The Labute approximate surface area is 108 Å². The smallest absolute Gasteiger partial charge is 0.228 e. The maximum Gasteiger partial charge on any atom is 0.228 e. The van der Waals surface area contributed by atoms with Crippen LogP contribution in [0.3, 0.4) is 0 Å². The number of ether oxygens (including phenoxy) is 1. The molecule has 92 valence electrons. The van der Waals surface area contributed by atoms with Crippen molar-refractivity contribution in [3.63, 3.8) is 0 Å². The van der Waals surface area contributed by atoms with E-state index in [1.165, 1.54) is 12.1 Å². The summed E-state index contributed by atoms with van der Waals surface area (Å²) in [6.07, 6.45) is 0.461. The number of carbonyl (C=O) groups excluding carboxylic acids is 1. The number of benzene rings is 1. The van der Waals surface area contributed by atoms with Gasteiger partial charge in [0.15, 0.2) is 0 Å². The molecule has 1 unspecified atom stereocenters. The molecule has 2 rings (SSSR count). The van der Waals surface area contributed by atoms with E-state index in [9.17, 15) is 9.18 Å². The van der Waals surface area contributed by atoms with E-state index in [2.05, 4.69) is 15.9 Å². The molecule has 0 aromatic heterocycles. The Bertz CT molecular complexity index is 439. The lowest BCUT2D eigenvalue weighted by Gasteiger charge is -2.19. The van der Waals surface area contributed by atoms with Gasteiger partial charge in [-0.1, -0.05) is 15.9 Å². The minimum Gasteiger partial charge on any atom is -0.492 e. The molecule has 0 aliphatic carbocycles. The van der Waals surface area contributed by atoms with Crippen LogP contribution in [0.15, 0.2) is 18.2 Å². The Hall–Kier alpha value is -1.10. The van der Waals surface area contributed by atoms with E-state index in [-0.39, 0.29) is 16.6 Å². The molecule has 0 radical (unpaired) electrons. The highest BCUT2D eigenvalue weighted by Crippen LogP contribution is 2.33. The Morgan fingerprint density at radius 3 is 2.94 bits per heavy atom. The molecule has 1 aliphatic rings. The van der Waals surface area contributed by atoms with Gasteiger partial charge in [0, 0.05) is 23.9 Å². The van der Waals surface area contributed by atoms with Gasteiger partial charge in [0.2, 0.25) is 5.91 Å². The number of carbonyl (C=O) groups is 1. The summed E-state index contributed by atoms with van der Waals surface area (Å²) in [5.74, 6) is 0.0844. The molecule has 0 saturated carbocycles. The molecule has 0 spiro atoms. The summed E-state index contributed by atoms with van der Waals surface area (Å²) in [5, 5.41) is 0. The molecule has 1 heterocycles. The molecule has 17 heavy (non-hydrogen) atoms. The molecule has 1 aromatic carbocycles. The van der Waals surface area contributed by atoms with Gasteiger partial charge in [0.05, 0.1) is 12.3 Å². The first-order valence-electron chi connectivity index (χ1n) is 5.48. The van der Waals surface area contributed by atoms with Crippen molar-refractivity contribution < 1.29 is 13.9 Å². The summed E-state index contributed by atoms with van der Waals surface area (Å²) in [4.78, 5) is 13.5. The Morgan fingerprint density at radius 1 is 1.59 bits per heavy atom. The van der Waals surface area contributed by atoms with Crippen LogP contribution in [0.2, 0.25) is 0 Å². The molecule has 1 aliphatic heterocycles. The van der Waals surface area contributed by atoms with Gasteiger partial charge < -0.3 is 9.64 Å². The number of nitrogens with zero attached hydrogens (tertiary/aromatic N) is 1. The standard InChI is InChI=1S/C12H13BrFNO2/c1-2-17-11-6-9(14)3-4-10(11)15-7-8(13)5-12(15)16/h3-4,6,8H,2,5,7H2,1H3. The van der Waals surface area contributed by atoms with Gasteiger partial charge in [0.25, 0.3) is 0 Å². The monoisotopic (exact) mass is 301 g/mol. The van der Waals surface area contributed by atoms with Gasteiger partial charge in [-0.3, -0.25) is 4.79 Å². The molecule has 1 fully saturated rings. The fourth-order valence-corrected chi connectivity index (χ4v) is 2.45. The summed E-state index contributed by atoms with van der Waals surface area (Å²) in [5.41, 5.74) is 0.639. The van der Waals surface area contributed by atoms with E-state index in [1.807, 2.05) is 6.92 Å². The third-order valence-electron chi connectivity index (χ3n) is 2.59. The van der Waals surface area contributed by atoms with Crippen molar-refractivity contribution >= 4 is 27.5 Å². The molecular formula is C12H13BrFNO2. The molecule has 1 amide bonds. The Kier molecular flexibility index (Phi) is 3.66. The second-order valence-electron chi connectivity index (χ2n) is 3.85. The molecule has 1 saturated heterocycles. The van der Waals surface area contributed by atoms with Crippen molar-refractivity contribution in [3.05, 3.63) is 24.0 Å². The second kappa shape index (κ2) is 5.04. The largest absolute Gasteiger partial charge is 0.492 e. The molecule has 1 aromatic rings. The van der Waals surface area contributed by atoms with Crippen LogP contribution in [0.5, 0.6) is 5.75 Å². The topological polar surface area (TPSA) is 29.5 Å². The van der Waals surface area contributed by atoms with Gasteiger partial charge in [-0.15, -0.1) is 0 Å². The zero-order chi connectivity index (χ0) is 12.4. The van der Waals surface area contributed by atoms with Crippen molar-refractivity contribution in [1.29, 1.82) is 0 Å². The lowest BCUT2D eigenvalue weighted by molar-refractivity contribution is -0.117. The van der Waals surface area contributed by atoms with Gasteiger partial charge in [-0.2, -0.15) is 0 Å². The molecule has 3 nitrogen and oxygen atoms in total. The first kappa shape index (κ1) is 12.4. The zero-order valence-corrected chi connectivity index (χ0v) is 11.0. The van der Waals surface area contributed by atoms with E-state index < -0.39 is 0 Å². The third kappa shape index (κ3) is 2.60. The van der Waals surface area contributed by atoms with E-state index in [1.54, 1.807) is 11.0 Å². The molecule has 0 bridgehead atoms. The number of hydrogen-bond acceptors (Lipinski definition) is 2. The zero-order valence-electron chi connectivity index (χ0n) is 9.45. The van der Waals surface area contributed by atoms with E-state index in [0.29, 0.717) is 31.0 Å². The number of alkyl halides is 1. The summed E-state index contributed by atoms with van der Waals surface area (Å²) >= 11 is 3.42. The van der Waals surface area contributed by atoms with Gasteiger partial charge >= 0.3 is 0 Å². The number of rotatable bonds is 3. The number of amides is 1. The first-order valence-corrected chi connectivity index (χ1v) is 6.40. The molecular weight excluding hydrogens is 289 g/mol. The lowest BCUT2D eigenvalue weighted by Crippen LogP contribution is -2.25. The first-order chi connectivity index (χ1) is 8.11. The fraction of sp³-hybridized carbons (Fsp3) is 0.417. The number of halogens is 2. The number of anilines is 1. The summed E-state index contributed by atoms with van der Waals surface area (Å²) < 4.78 is 18.5. The molecule has 5 heteroatoms. The van der Waals surface area contributed by atoms with E-state index in [4.69, 9.17) is 4.74 Å². The normalized spacial score (nSPS) is 19.8. The minimum absolute atomic E-state index is 0.0273. The van der Waals surface area contributed by atoms with Crippen molar-refractivity contribution in [3.8, 4) is 5.75 Å². The predicted octanol–water partition coefficient (Wildman–Crippen LogP) is 2.72. The second-order valence-corrected chi connectivity index (χ2v) is 5.15. The maximum atomic E-state index is 13.1. The highest BCUT2D eigenvalue weighted by molar-refractivity contribution is 9.09. The summed E-state index contributed by atoms with van der Waals surface area (Å²) in [7, 11) is 0. The Balaban J connectivity index is 2.34. The maximum absolute atomic E-state index is 13.1. The minimum atomic E-state index is -0.362. The van der Waals surface area contributed by atoms with Crippen LogP contribution in [-0.2, 0) is 4.79 Å². The molecule has 0 N–H and O–H groups in total. The van der Waals surface area contributed by atoms with Crippen LogP contribution in [0, 0.1) is 5.82 Å². The third-order valence-corrected chi connectivity index (χ3v) is 3.20. The van der Waals surface area contributed by atoms with Crippen molar-refractivity contribution in [1.82, 2.24) is 0 Å². The Morgan fingerprint density at radius 2 is 2.35 bits per heavy atom. The van der Waals surface area contributed by atoms with E-state index >= 15 is 0 Å². The van der Waals surface area contributed by atoms with Crippen LogP contribution in [0.1, 0.15) is 13.3 Å². The predicted molar refractivity (Wildman–Crippen MR) is 67.3 cm³/mol. The molecule has 1 atom stereocenters. The van der Waals surface area contributed by atoms with Crippen LogP contribution in [0.25, 0.3) is 0 Å². The quantitative estimate of drug-likeness (QED) is 0.804. The SMILES string of the molecule is CCOc1cc(F)ccc1N1CC(Br)CC1=O. The fourth-order valence-electron chi connectivity index (χ4n) is 1.88. The van der Waals surface area contributed by atoms with Gasteiger partial charge in [0.1, 0.15) is 11.6 Å². The van der Waals surface area contributed by atoms with Gasteiger partial charge in [-0.25, -0.2) is 4.39 Å². The van der Waals surface area contributed by atoms with Crippen molar-refractivity contribution in [2.75, 3.05) is 18.1 Å². The average Bonchev–Trinajstić information content (AvgIpc) is 2.59. The summed E-state index contributed by atoms with van der Waals surface area (Å²) in [6, 6.07) is 4.24. The van der Waals surface area contributed by atoms with Crippen LogP contribution in [0.4, 0.5) is 10.1 Å². The highest BCUT2D eigenvalue weighted by atomic mass is 79.9.